The normalized spacial score (nSPS) is 18.3. The van der Waals surface area contributed by atoms with E-state index in [1.165, 1.54) is 5.56 Å². The average Bonchev–Trinajstić information content (AvgIpc) is 2.63. The Morgan fingerprint density at radius 2 is 2.04 bits per heavy atom. The van der Waals surface area contributed by atoms with Crippen molar-refractivity contribution in [3.8, 4) is 0 Å². The molecule has 4 nitrogen and oxygen atoms in total. The van der Waals surface area contributed by atoms with Crippen molar-refractivity contribution in [1.29, 1.82) is 0 Å². The summed E-state index contributed by atoms with van der Waals surface area (Å²) in [7, 11) is 0. The maximum Gasteiger partial charge on any atom is 0.251 e. The topological polar surface area (TPSA) is 41.6 Å². The van der Waals surface area contributed by atoms with Crippen LogP contribution in [-0.2, 0) is 4.74 Å². The fraction of sp³-hybridized carbons (Fsp3) is 0.316. The summed E-state index contributed by atoms with van der Waals surface area (Å²) < 4.78 is 6.78. The molecule has 1 atom stereocenters. The lowest BCUT2D eigenvalue weighted by molar-refractivity contribution is -0.0293. The molecule has 1 saturated heterocycles. The number of morpholine rings is 1. The van der Waals surface area contributed by atoms with Crippen molar-refractivity contribution in [2.45, 2.75) is 6.10 Å². The Labute approximate surface area is 150 Å². The monoisotopic (exact) mass is 388 g/mol. The fourth-order valence-electron chi connectivity index (χ4n) is 2.83. The predicted octanol–water partition coefficient (Wildman–Crippen LogP) is 3.25. The van der Waals surface area contributed by atoms with Gasteiger partial charge in [-0.3, -0.25) is 9.69 Å². The van der Waals surface area contributed by atoms with Gasteiger partial charge in [-0.1, -0.05) is 52.3 Å². The van der Waals surface area contributed by atoms with Gasteiger partial charge < -0.3 is 10.1 Å². The van der Waals surface area contributed by atoms with Gasteiger partial charge in [0, 0.05) is 36.2 Å². The molecule has 1 aliphatic rings. The largest absolute Gasteiger partial charge is 0.371 e. The summed E-state index contributed by atoms with van der Waals surface area (Å²) in [4.78, 5) is 14.5. The van der Waals surface area contributed by atoms with Crippen LogP contribution in [0.5, 0.6) is 0 Å². The van der Waals surface area contributed by atoms with Crippen LogP contribution in [0.4, 0.5) is 0 Å². The summed E-state index contributed by atoms with van der Waals surface area (Å²) in [6.45, 7) is 3.94. The van der Waals surface area contributed by atoms with Gasteiger partial charge in [0.2, 0.25) is 0 Å². The molecule has 24 heavy (non-hydrogen) atoms. The molecule has 0 bridgehead atoms. The average molecular weight is 389 g/mol. The summed E-state index contributed by atoms with van der Waals surface area (Å²) in [5.41, 5.74) is 1.88. The molecule has 2 aromatic carbocycles. The third-order valence-electron chi connectivity index (χ3n) is 4.12. The third kappa shape index (κ3) is 4.66. The molecule has 0 aliphatic carbocycles. The Morgan fingerprint density at radius 1 is 1.21 bits per heavy atom. The maximum atomic E-state index is 12.1. The lowest BCUT2D eigenvalue weighted by Gasteiger charge is -2.33. The zero-order chi connectivity index (χ0) is 16.8. The van der Waals surface area contributed by atoms with Crippen molar-refractivity contribution in [1.82, 2.24) is 10.2 Å². The van der Waals surface area contributed by atoms with Crippen LogP contribution in [0.1, 0.15) is 22.0 Å². The molecule has 2 aromatic rings. The minimum absolute atomic E-state index is 0.0378. The molecule has 1 unspecified atom stereocenters. The Bertz CT molecular complexity index is 678. The number of halogens is 1. The standard InChI is InChI=1S/C19H21BrN2O2/c20-17-8-4-7-16(13-17)19(23)21-9-10-22-11-12-24-18(14-22)15-5-2-1-3-6-15/h1-8,13,18H,9-12,14H2,(H,21,23). The minimum Gasteiger partial charge on any atom is -0.371 e. The molecule has 1 aliphatic heterocycles. The molecule has 126 valence electrons. The lowest BCUT2D eigenvalue weighted by Crippen LogP contribution is -2.42. The predicted molar refractivity (Wildman–Crippen MR) is 98.1 cm³/mol. The first-order valence-electron chi connectivity index (χ1n) is 8.15. The number of nitrogens with zero attached hydrogens (tertiary/aromatic N) is 1. The van der Waals surface area contributed by atoms with Crippen molar-refractivity contribution in [2.24, 2.45) is 0 Å². The highest BCUT2D eigenvalue weighted by molar-refractivity contribution is 9.10. The molecule has 0 saturated carbocycles. The third-order valence-corrected chi connectivity index (χ3v) is 4.62. The van der Waals surface area contributed by atoms with Gasteiger partial charge in [-0.15, -0.1) is 0 Å². The molecular weight excluding hydrogens is 368 g/mol. The van der Waals surface area contributed by atoms with E-state index in [1.54, 1.807) is 0 Å². The Balaban J connectivity index is 1.47. The van der Waals surface area contributed by atoms with Crippen molar-refractivity contribution in [2.75, 3.05) is 32.8 Å². The first-order valence-corrected chi connectivity index (χ1v) is 8.94. The molecule has 1 amide bonds. The first kappa shape index (κ1) is 17.1. The van der Waals surface area contributed by atoms with Crippen LogP contribution < -0.4 is 5.32 Å². The van der Waals surface area contributed by atoms with E-state index in [-0.39, 0.29) is 12.0 Å². The Morgan fingerprint density at radius 3 is 2.83 bits per heavy atom. The quantitative estimate of drug-likeness (QED) is 0.854. The molecule has 3 rings (SSSR count). The van der Waals surface area contributed by atoms with E-state index in [0.717, 1.165) is 30.7 Å². The molecule has 1 N–H and O–H groups in total. The van der Waals surface area contributed by atoms with Crippen molar-refractivity contribution in [3.63, 3.8) is 0 Å². The van der Waals surface area contributed by atoms with Crippen LogP contribution in [0.15, 0.2) is 59.1 Å². The van der Waals surface area contributed by atoms with E-state index in [4.69, 9.17) is 4.74 Å². The molecule has 5 heteroatoms. The molecule has 0 radical (unpaired) electrons. The van der Waals surface area contributed by atoms with Crippen molar-refractivity contribution >= 4 is 21.8 Å². The smallest absolute Gasteiger partial charge is 0.251 e. The van der Waals surface area contributed by atoms with Crippen LogP contribution in [0, 0.1) is 0 Å². The fourth-order valence-corrected chi connectivity index (χ4v) is 3.23. The van der Waals surface area contributed by atoms with Gasteiger partial charge in [0.05, 0.1) is 12.7 Å². The van der Waals surface area contributed by atoms with Crippen LogP contribution in [0.25, 0.3) is 0 Å². The van der Waals surface area contributed by atoms with Crippen LogP contribution in [-0.4, -0.2) is 43.6 Å². The highest BCUT2D eigenvalue weighted by Gasteiger charge is 2.21. The number of ether oxygens (including phenoxy) is 1. The van der Waals surface area contributed by atoms with Crippen LogP contribution in [0.3, 0.4) is 0 Å². The summed E-state index contributed by atoms with van der Waals surface area (Å²) in [5.74, 6) is -0.0378. The first-order chi connectivity index (χ1) is 11.7. The van der Waals surface area contributed by atoms with Gasteiger partial charge in [0.25, 0.3) is 5.91 Å². The van der Waals surface area contributed by atoms with E-state index in [9.17, 15) is 4.79 Å². The highest BCUT2D eigenvalue weighted by atomic mass is 79.9. The second kappa shape index (κ2) is 8.42. The van der Waals surface area contributed by atoms with Crippen molar-refractivity contribution < 1.29 is 9.53 Å². The minimum atomic E-state index is -0.0378. The summed E-state index contributed by atoms with van der Waals surface area (Å²) in [5, 5.41) is 2.99. The van der Waals surface area contributed by atoms with Gasteiger partial charge in [-0.05, 0) is 23.8 Å². The Kier molecular flexibility index (Phi) is 6.01. The van der Waals surface area contributed by atoms with E-state index in [0.29, 0.717) is 12.1 Å². The number of hydrogen-bond donors (Lipinski definition) is 1. The number of hydrogen-bond acceptors (Lipinski definition) is 3. The molecular formula is C19H21BrN2O2. The highest BCUT2D eigenvalue weighted by Crippen LogP contribution is 2.21. The van der Waals surface area contributed by atoms with E-state index in [2.05, 4.69) is 38.3 Å². The van der Waals surface area contributed by atoms with Gasteiger partial charge in [0.1, 0.15) is 0 Å². The number of amides is 1. The van der Waals surface area contributed by atoms with E-state index in [1.807, 2.05) is 42.5 Å². The molecule has 1 heterocycles. The number of carbonyl (C=O) groups excluding carboxylic acids is 1. The summed E-state index contributed by atoms with van der Waals surface area (Å²) in [6.07, 6.45) is 0.112. The number of benzene rings is 2. The zero-order valence-electron chi connectivity index (χ0n) is 13.5. The number of carbonyl (C=O) groups is 1. The van der Waals surface area contributed by atoms with Crippen molar-refractivity contribution in [3.05, 3.63) is 70.2 Å². The molecule has 0 spiro atoms. The van der Waals surface area contributed by atoms with Gasteiger partial charge in [0.15, 0.2) is 0 Å². The van der Waals surface area contributed by atoms with Crippen LogP contribution >= 0.6 is 15.9 Å². The van der Waals surface area contributed by atoms with Crippen LogP contribution in [0.2, 0.25) is 0 Å². The number of nitrogens with one attached hydrogen (secondary N) is 1. The second-order valence-corrected chi connectivity index (χ2v) is 6.75. The zero-order valence-corrected chi connectivity index (χ0v) is 15.0. The second-order valence-electron chi connectivity index (χ2n) is 5.84. The SMILES string of the molecule is O=C(NCCN1CCOC(c2ccccc2)C1)c1cccc(Br)c1. The molecule has 0 aromatic heterocycles. The van der Waals surface area contributed by atoms with Gasteiger partial charge in [-0.2, -0.15) is 0 Å². The van der Waals surface area contributed by atoms with E-state index < -0.39 is 0 Å². The Hall–Kier alpha value is -1.69. The maximum absolute atomic E-state index is 12.1. The van der Waals surface area contributed by atoms with Gasteiger partial charge >= 0.3 is 0 Å². The number of rotatable bonds is 5. The summed E-state index contributed by atoms with van der Waals surface area (Å²) >= 11 is 3.39. The lowest BCUT2D eigenvalue weighted by atomic mass is 10.1. The van der Waals surface area contributed by atoms with E-state index >= 15 is 0 Å². The van der Waals surface area contributed by atoms with Gasteiger partial charge in [-0.25, -0.2) is 0 Å². The summed E-state index contributed by atoms with van der Waals surface area (Å²) in [6, 6.07) is 17.7. The molecule has 1 fully saturated rings.